The van der Waals surface area contributed by atoms with E-state index in [9.17, 15) is 0 Å². The van der Waals surface area contributed by atoms with Crippen LogP contribution in [0.5, 0.6) is 0 Å². The van der Waals surface area contributed by atoms with Crippen molar-refractivity contribution in [2.24, 2.45) is 0 Å². The van der Waals surface area contributed by atoms with Crippen LogP contribution in [0.1, 0.15) is 12.5 Å². The van der Waals surface area contributed by atoms with Gasteiger partial charge in [-0.25, -0.2) is 0 Å². The molecule has 0 aliphatic heterocycles. The van der Waals surface area contributed by atoms with Crippen molar-refractivity contribution < 1.29 is 0 Å². The summed E-state index contributed by atoms with van der Waals surface area (Å²) in [6.45, 7) is 2.14. The van der Waals surface area contributed by atoms with Crippen LogP contribution in [-0.2, 0) is 6.42 Å². The smallest absolute Gasteiger partial charge is 0.170 e. The van der Waals surface area contributed by atoms with Crippen molar-refractivity contribution in [3.63, 3.8) is 0 Å². The molecule has 0 saturated heterocycles. The van der Waals surface area contributed by atoms with Crippen LogP contribution < -0.4 is 10.6 Å². The van der Waals surface area contributed by atoms with E-state index in [4.69, 9.17) is 12.2 Å². The second-order valence-corrected chi connectivity index (χ2v) is 3.16. The third kappa shape index (κ3) is 3.03. The zero-order chi connectivity index (χ0) is 9.68. The highest BCUT2D eigenvalue weighted by Gasteiger charge is 1.94. The third-order valence-electron chi connectivity index (χ3n) is 1.85. The molecule has 1 rings (SSSR count). The van der Waals surface area contributed by atoms with Crippen LogP contribution in [0.25, 0.3) is 0 Å². The summed E-state index contributed by atoms with van der Waals surface area (Å²) in [6, 6.07) is 8.26. The fourth-order valence-electron chi connectivity index (χ4n) is 1.02. The number of nitrogens with one attached hydrogen (secondary N) is 2. The Bertz CT molecular complexity index is 279. The fraction of sp³-hybridized carbons (Fsp3) is 0.300. The van der Waals surface area contributed by atoms with Gasteiger partial charge in [-0.2, -0.15) is 0 Å². The number of benzene rings is 1. The number of hydrogen-bond donors (Lipinski definition) is 2. The molecular weight excluding hydrogens is 180 g/mol. The highest BCUT2D eigenvalue weighted by Crippen LogP contribution is 2.09. The lowest BCUT2D eigenvalue weighted by Crippen LogP contribution is -2.23. The molecule has 13 heavy (non-hydrogen) atoms. The molecule has 0 aromatic heterocycles. The highest BCUT2D eigenvalue weighted by atomic mass is 32.1. The Labute approximate surface area is 84.3 Å². The van der Waals surface area contributed by atoms with Gasteiger partial charge in [0.15, 0.2) is 5.11 Å². The van der Waals surface area contributed by atoms with Gasteiger partial charge in [0, 0.05) is 12.7 Å². The Morgan fingerprint density at radius 3 is 2.38 bits per heavy atom. The molecule has 0 aliphatic carbocycles. The summed E-state index contributed by atoms with van der Waals surface area (Å²) < 4.78 is 0. The van der Waals surface area contributed by atoms with Crippen molar-refractivity contribution in [2.75, 3.05) is 12.4 Å². The van der Waals surface area contributed by atoms with Crippen molar-refractivity contribution in [2.45, 2.75) is 13.3 Å². The summed E-state index contributed by atoms with van der Waals surface area (Å²) in [4.78, 5) is 0. The van der Waals surface area contributed by atoms with E-state index >= 15 is 0 Å². The van der Waals surface area contributed by atoms with Crippen molar-refractivity contribution >= 4 is 23.0 Å². The van der Waals surface area contributed by atoms with Gasteiger partial charge in [0.05, 0.1) is 0 Å². The Morgan fingerprint density at radius 1 is 1.31 bits per heavy atom. The zero-order valence-corrected chi connectivity index (χ0v) is 8.74. The van der Waals surface area contributed by atoms with Crippen molar-refractivity contribution in [1.82, 2.24) is 5.32 Å². The van der Waals surface area contributed by atoms with Crippen LogP contribution in [-0.4, -0.2) is 12.2 Å². The molecule has 0 atom stereocenters. The molecule has 2 N–H and O–H groups in total. The average Bonchev–Trinajstić information content (AvgIpc) is 2.19. The van der Waals surface area contributed by atoms with Crippen molar-refractivity contribution in [3.8, 4) is 0 Å². The van der Waals surface area contributed by atoms with Crippen LogP contribution >= 0.6 is 12.2 Å². The van der Waals surface area contributed by atoms with Gasteiger partial charge in [-0.3, -0.25) is 0 Å². The first-order valence-corrected chi connectivity index (χ1v) is 4.74. The van der Waals surface area contributed by atoms with Gasteiger partial charge in [0.25, 0.3) is 0 Å². The van der Waals surface area contributed by atoms with E-state index in [0.717, 1.165) is 12.1 Å². The lowest BCUT2D eigenvalue weighted by atomic mass is 10.1. The molecule has 0 saturated carbocycles. The van der Waals surface area contributed by atoms with Crippen molar-refractivity contribution in [3.05, 3.63) is 29.8 Å². The van der Waals surface area contributed by atoms with E-state index in [1.807, 2.05) is 12.1 Å². The standard InChI is InChI=1S/C10H14N2S/c1-3-8-4-6-9(7-5-8)12-10(13)11-2/h4-7H,3H2,1-2H3,(H2,11,12,13). The maximum Gasteiger partial charge on any atom is 0.170 e. The molecule has 0 unspecified atom stereocenters. The van der Waals surface area contributed by atoms with E-state index in [0.29, 0.717) is 5.11 Å². The first kappa shape index (κ1) is 9.99. The van der Waals surface area contributed by atoms with Gasteiger partial charge < -0.3 is 10.6 Å². The van der Waals surface area contributed by atoms with Gasteiger partial charge in [0.2, 0.25) is 0 Å². The van der Waals surface area contributed by atoms with E-state index in [-0.39, 0.29) is 0 Å². The maximum atomic E-state index is 4.98. The van der Waals surface area contributed by atoms with Gasteiger partial charge in [0.1, 0.15) is 0 Å². The van der Waals surface area contributed by atoms with Crippen LogP contribution in [0.15, 0.2) is 24.3 Å². The van der Waals surface area contributed by atoms with Crippen LogP contribution in [0.3, 0.4) is 0 Å². The number of rotatable bonds is 2. The summed E-state index contributed by atoms with van der Waals surface area (Å²) >= 11 is 4.98. The molecule has 0 bridgehead atoms. The average molecular weight is 194 g/mol. The SMILES string of the molecule is CCc1ccc(NC(=S)NC)cc1. The lowest BCUT2D eigenvalue weighted by molar-refractivity contribution is 1.14. The predicted octanol–water partition coefficient (Wildman–Crippen LogP) is 2.17. The summed E-state index contributed by atoms with van der Waals surface area (Å²) in [6.07, 6.45) is 1.07. The Balaban J connectivity index is 2.64. The Hall–Kier alpha value is -1.09. The first-order valence-electron chi connectivity index (χ1n) is 4.34. The minimum atomic E-state index is 0.643. The largest absolute Gasteiger partial charge is 0.366 e. The molecule has 0 amide bonds. The predicted molar refractivity (Wildman–Crippen MR) is 61.1 cm³/mol. The third-order valence-corrected chi connectivity index (χ3v) is 2.15. The molecule has 1 aromatic rings. The number of hydrogen-bond acceptors (Lipinski definition) is 1. The first-order chi connectivity index (χ1) is 6.26. The van der Waals surface area contributed by atoms with Crippen LogP contribution in [0.4, 0.5) is 5.69 Å². The maximum absolute atomic E-state index is 4.98. The minimum Gasteiger partial charge on any atom is -0.366 e. The molecule has 1 aromatic carbocycles. The normalized spacial score (nSPS) is 9.38. The van der Waals surface area contributed by atoms with Gasteiger partial charge >= 0.3 is 0 Å². The quantitative estimate of drug-likeness (QED) is 0.706. The van der Waals surface area contributed by atoms with E-state index in [2.05, 4.69) is 29.7 Å². The minimum absolute atomic E-state index is 0.643. The van der Waals surface area contributed by atoms with Gasteiger partial charge in [-0.1, -0.05) is 19.1 Å². The van der Waals surface area contributed by atoms with Crippen molar-refractivity contribution in [1.29, 1.82) is 0 Å². The molecule has 0 fully saturated rings. The fourth-order valence-corrected chi connectivity index (χ4v) is 1.14. The number of anilines is 1. The molecule has 2 nitrogen and oxygen atoms in total. The van der Waals surface area contributed by atoms with Gasteiger partial charge in [-0.05, 0) is 36.3 Å². The summed E-state index contributed by atoms with van der Waals surface area (Å²) in [5.74, 6) is 0. The number of thiocarbonyl (C=S) groups is 1. The topological polar surface area (TPSA) is 24.1 Å². The highest BCUT2D eigenvalue weighted by molar-refractivity contribution is 7.80. The molecule has 0 aliphatic rings. The summed E-state index contributed by atoms with van der Waals surface area (Å²) in [5.41, 5.74) is 2.36. The molecule has 70 valence electrons. The van der Waals surface area contributed by atoms with Gasteiger partial charge in [-0.15, -0.1) is 0 Å². The second kappa shape index (κ2) is 4.82. The number of aryl methyl sites for hydroxylation is 1. The van der Waals surface area contributed by atoms with E-state index in [1.54, 1.807) is 7.05 Å². The molecular formula is C10H14N2S. The Morgan fingerprint density at radius 2 is 1.92 bits per heavy atom. The van der Waals surface area contributed by atoms with E-state index in [1.165, 1.54) is 5.56 Å². The van der Waals surface area contributed by atoms with E-state index < -0.39 is 0 Å². The molecule has 0 heterocycles. The van der Waals surface area contributed by atoms with Crippen LogP contribution in [0.2, 0.25) is 0 Å². The zero-order valence-electron chi connectivity index (χ0n) is 7.92. The monoisotopic (exact) mass is 194 g/mol. The molecule has 0 radical (unpaired) electrons. The summed E-state index contributed by atoms with van der Waals surface area (Å²) in [5, 5.41) is 6.57. The lowest BCUT2D eigenvalue weighted by Gasteiger charge is -2.06. The summed E-state index contributed by atoms with van der Waals surface area (Å²) in [7, 11) is 1.80. The molecule has 0 spiro atoms. The molecule has 3 heteroatoms. The van der Waals surface area contributed by atoms with Crippen LogP contribution in [0, 0.1) is 0 Å². The Kier molecular flexibility index (Phi) is 3.71. The second-order valence-electron chi connectivity index (χ2n) is 2.75.